The number of aliphatic carboxylic acids is 1. The van der Waals surface area contributed by atoms with Crippen LogP contribution in [0.2, 0.25) is 0 Å². The number of non-ortho nitro benzene ring substituents is 1. The minimum absolute atomic E-state index is 0.0445. The van der Waals surface area contributed by atoms with Gasteiger partial charge in [0.1, 0.15) is 0 Å². The Hall–Kier alpha value is -2.48. The van der Waals surface area contributed by atoms with Crippen molar-refractivity contribution in [3.05, 3.63) is 34.4 Å². The van der Waals surface area contributed by atoms with Gasteiger partial charge in [-0.2, -0.15) is 0 Å². The second kappa shape index (κ2) is 7.95. The topological polar surface area (TPSA) is 113 Å². The zero-order chi connectivity index (χ0) is 15.8. The number of nitrogens with zero attached hydrogens (tertiary/aromatic N) is 2. The number of anilines is 1. The summed E-state index contributed by atoms with van der Waals surface area (Å²) in [5.74, 6) is -1.36. The predicted molar refractivity (Wildman–Crippen MR) is 76.1 cm³/mol. The molecule has 0 saturated carbocycles. The Kier molecular flexibility index (Phi) is 6.28. The third kappa shape index (κ3) is 6.00. The van der Waals surface area contributed by atoms with Crippen LogP contribution in [0.25, 0.3) is 0 Å². The molecule has 114 valence electrons. The van der Waals surface area contributed by atoms with Gasteiger partial charge in [0.2, 0.25) is 5.91 Å². The van der Waals surface area contributed by atoms with Crippen LogP contribution in [0.5, 0.6) is 0 Å². The van der Waals surface area contributed by atoms with Crippen LogP contribution in [0.1, 0.15) is 13.3 Å². The van der Waals surface area contributed by atoms with Crippen LogP contribution in [0.3, 0.4) is 0 Å². The minimum atomic E-state index is -0.994. The zero-order valence-corrected chi connectivity index (χ0v) is 11.6. The first-order chi connectivity index (χ1) is 9.92. The van der Waals surface area contributed by atoms with E-state index in [1.165, 1.54) is 29.2 Å². The van der Waals surface area contributed by atoms with E-state index in [1.54, 1.807) is 0 Å². The molecule has 0 aromatic heterocycles. The number of amides is 1. The van der Waals surface area contributed by atoms with E-state index >= 15 is 0 Å². The third-order valence-electron chi connectivity index (χ3n) is 2.63. The lowest BCUT2D eigenvalue weighted by Crippen LogP contribution is -2.37. The lowest BCUT2D eigenvalue weighted by atomic mass is 10.3. The van der Waals surface area contributed by atoms with Gasteiger partial charge in [0, 0.05) is 17.8 Å². The molecule has 1 aromatic rings. The smallest absolute Gasteiger partial charge is 0.317 e. The van der Waals surface area contributed by atoms with Crippen LogP contribution < -0.4 is 5.32 Å². The van der Waals surface area contributed by atoms with Gasteiger partial charge in [0.25, 0.3) is 5.69 Å². The second-order valence-electron chi connectivity index (χ2n) is 4.46. The summed E-state index contributed by atoms with van der Waals surface area (Å²) in [5, 5.41) is 21.8. The molecular formula is C13H17N3O5. The molecule has 1 amide bonds. The van der Waals surface area contributed by atoms with Gasteiger partial charge in [-0.25, -0.2) is 0 Å². The van der Waals surface area contributed by atoms with Crippen molar-refractivity contribution in [2.45, 2.75) is 13.3 Å². The number of carbonyl (C=O) groups is 2. The first-order valence-corrected chi connectivity index (χ1v) is 6.40. The van der Waals surface area contributed by atoms with Gasteiger partial charge in [-0.3, -0.25) is 24.6 Å². The van der Waals surface area contributed by atoms with E-state index in [0.717, 1.165) is 6.42 Å². The quantitative estimate of drug-likeness (QED) is 0.552. The highest BCUT2D eigenvalue weighted by molar-refractivity contribution is 5.92. The molecule has 0 aliphatic rings. The number of nitrogens with one attached hydrogen (secondary N) is 1. The Balaban J connectivity index is 2.58. The number of carboxylic acid groups (broad SMARTS) is 1. The molecule has 21 heavy (non-hydrogen) atoms. The molecule has 0 radical (unpaired) electrons. The molecule has 8 heteroatoms. The highest BCUT2D eigenvalue weighted by Crippen LogP contribution is 2.15. The van der Waals surface area contributed by atoms with Gasteiger partial charge in [0.15, 0.2) is 0 Å². The largest absolute Gasteiger partial charge is 0.480 e. The average Bonchev–Trinajstić information content (AvgIpc) is 2.38. The maximum absolute atomic E-state index is 11.8. The Morgan fingerprint density at radius 2 is 1.90 bits per heavy atom. The minimum Gasteiger partial charge on any atom is -0.480 e. The maximum Gasteiger partial charge on any atom is 0.317 e. The van der Waals surface area contributed by atoms with Crippen molar-refractivity contribution < 1.29 is 19.6 Å². The molecule has 0 bridgehead atoms. The van der Waals surface area contributed by atoms with Crippen molar-refractivity contribution in [1.29, 1.82) is 0 Å². The number of nitro benzene ring substituents is 1. The molecule has 0 aliphatic carbocycles. The predicted octanol–water partition coefficient (Wildman–Crippen LogP) is 1.33. The Morgan fingerprint density at radius 3 is 2.38 bits per heavy atom. The van der Waals surface area contributed by atoms with Gasteiger partial charge in [0.05, 0.1) is 18.0 Å². The lowest BCUT2D eigenvalue weighted by Gasteiger charge is -2.18. The molecule has 0 atom stereocenters. The van der Waals surface area contributed by atoms with Crippen molar-refractivity contribution in [2.75, 3.05) is 25.0 Å². The Labute approximate surface area is 121 Å². The first kappa shape index (κ1) is 16.6. The summed E-state index contributed by atoms with van der Waals surface area (Å²) in [6.07, 6.45) is 0.734. The highest BCUT2D eigenvalue weighted by atomic mass is 16.6. The van der Waals surface area contributed by atoms with Crippen LogP contribution in [0.4, 0.5) is 11.4 Å². The van der Waals surface area contributed by atoms with Gasteiger partial charge < -0.3 is 10.4 Å². The summed E-state index contributed by atoms with van der Waals surface area (Å²) in [5.41, 5.74) is 0.365. The van der Waals surface area contributed by atoms with Gasteiger partial charge in [-0.1, -0.05) is 6.92 Å². The van der Waals surface area contributed by atoms with Gasteiger partial charge >= 0.3 is 5.97 Å². The van der Waals surface area contributed by atoms with Crippen LogP contribution >= 0.6 is 0 Å². The maximum atomic E-state index is 11.8. The average molecular weight is 295 g/mol. The van der Waals surface area contributed by atoms with Crippen molar-refractivity contribution in [2.24, 2.45) is 0 Å². The summed E-state index contributed by atoms with van der Waals surface area (Å²) >= 11 is 0. The van der Waals surface area contributed by atoms with Crippen molar-refractivity contribution >= 4 is 23.3 Å². The summed E-state index contributed by atoms with van der Waals surface area (Å²) < 4.78 is 0. The number of carboxylic acids is 1. The number of nitro groups is 1. The van der Waals surface area contributed by atoms with Crippen molar-refractivity contribution in [3.8, 4) is 0 Å². The molecule has 0 heterocycles. The third-order valence-corrected chi connectivity index (χ3v) is 2.63. The van der Waals surface area contributed by atoms with E-state index < -0.39 is 10.9 Å². The normalized spacial score (nSPS) is 10.4. The Bertz CT molecular complexity index is 515. The van der Waals surface area contributed by atoms with E-state index in [0.29, 0.717) is 12.2 Å². The molecule has 8 nitrogen and oxygen atoms in total. The fraction of sp³-hybridized carbons (Fsp3) is 0.385. The number of hydrogen-bond acceptors (Lipinski definition) is 5. The van der Waals surface area contributed by atoms with Crippen LogP contribution in [0.15, 0.2) is 24.3 Å². The molecule has 0 spiro atoms. The number of hydrogen-bond donors (Lipinski definition) is 2. The lowest BCUT2D eigenvalue weighted by molar-refractivity contribution is -0.384. The van der Waals surface area contributed by atoms with Crippen LogP contribution in [-0.2, 0) is 9.59 Å². The fourth-order valence-electron chi connectivity index (χ4n) is 1.79. The van der Waals surface area contributed by atoms with E-state index in [2.05, 4.69) is 5.32 Å². The molecule has 1 rings (SSSR count). The molecule has 0 saturated heterocycles. The number of rotatable bonds is 8. The summed E-state index contributed by atoms with van der Waals surface area (Å²) in [6.45, 7) is 2.14. The van der Waals surface area contributed by atoms with Gasteiger partial charge in [-0.05, 0) is 25.1 Å². The van der Waals surface area contributed by atoms with E-state index in [9.17, 15) is 19.7 Å². The van der Waals surface area contributed by atoms with Crippen molar-refractivity contribution in [3.63, 3.8) is 0 Å². The van der Waals surface area contributed by atoms with E-state index in [1.807, 2.05) is 6.92 Å². The van der Waals surface area contributed by atoms with E-state index in [-0.39, 0.29) is 24.7 Å². The number of benzene rings is 1. The molecular weight excluding hydrogens is 278 g/mol. The molecule has 0 unspecified atom stereocenters. The zero-order valence-electron chi connectivity index (χ0n) is 11.6. The standard InChI is InChI=1S/C13H17N3O5/c1-2-7-15(9-13(18)19)8-12(17)14-10-3-5-11(6-4-10)16(20)21/h3-6H,2,7-9H2,1H3,(H,14,17)(H,18,19). The number of carbonyl (C=O) groups excluding carboxylic acids is 1. The second-order valence-corrected chi connectivity index (χ2v) is 4.46. The summed E-state index contributed by atoms with van der Waals surface area (Å²) in [7, 11) is 0. The summed E-state index contributed by atoms with van der Waals surface area (Å²) in [6, 6.07) is 5.43. The molecule has 1 aromatic carbocycles. The monoisotopic (exact) mass is 295 g/mol. The van der Waals surface area contributed by atoms with Crippen molar-refractivity contribution in [1.82, 2.24) is 4.90 Å². The highest BCUT2D eigenvalue weighted by Gasteiger charge is 2.13. The first-order valence-electron chi connectivity index (χ1n) is 6.40. The molecule has 2 N–H and O–H groups in total. The van der Waals surface area contributed by atoms with E-state index in [4.69, 9.17) is 5.11 Å². The van der Waals surface area contributed by atoms with Gasteiger partial charge in [-0.15, -0.1) is 0 Å². The van der Waals surface area contributed by atoms with Crippen LogP contribution in [-0.4, -0.2) is 46.4 Å². The Morgan fingerprint density at radius 1 is 1.29 bits per heavy atom. The SMILES string of the molecule is CCCN(CC(=O)O)CC(=O)Nc1ccc([N+](=O)[O-])cc1. The fourth-order valence-corrected chi connectivity index (χ4v) is 1.79. The molecule has 0 aliphatic heterocycles. The van der Waals surface area contributed by atoms with Crippen LogP contribution in [0, 0.1) is 10.1 Å². The summed E-state index contributed by atoms with van der Waals surface area (Å²) in [4.78, 5) is 34.0. The molecule has 0 fully saturated rings.